The summed E-state index contributed by atoms with van der Waals surface area (Å²) in [5.74, 6) is 0.0963. The predicted octanol–water partition coefficient (Wildman–Crippen LogP) is 3.19. The standard InChI is InChI=1S/C16H26N2OS/c1-15(2,13-7-6-10-20-13)12-18-14(19)11-16(17)8-4-3-5-9-16/h6-7,10H,3-5,8-9,11-12,17H2,1-2H3,(H,18,19). The Hall–Kier alpha value is -0.870. The molecule has 1 fully saturated rings. The lowest BCUT2D eigenvalue weighted by atomic mass is 9.80. The molecule has 0 bridgehead atoms. The first kappa shape index (κ1) is 15.5. The maximum atomic E-state index is 12.1. The summed E-state index contributed by atoms with van der Waals surface area (Å²) in [5, 5.41) is 5.15. The highest BCUT2D eigenvalue weighted by Gasteiger charge is 2.30. The monoisotopic (exact) mass is 294 g/mol. The Kier molecular flexibility index (Phi) is 4.86. The minimum Gasteiger partial charge on any atom is -0.355 e. The minimum absolute atomic E-state index is 0.0157. The van der Waals surface area contributed by atoms with Gasteiger partial charge in [-0.2, -0.15) is 0 Å². The lowest BCUT2D eigenvalue weighted by molar-refractivity contribution is -0.122. The maximum absolute atomic E-state index is 12.1. The molecule has 3 nitrogen and oxygen atoms in total. The van der Waals surface area contributed by atoms with E-state index in [0.717, 1.165) is 25.7 Å². The van der Waals surface area contributed by atoms with Crippen LogP contribution in [0, 0.1) is 0 Å². The summed E-state index contributed by atoms with van der Waals surface area (Å²) < 4.78 is 0. The van der Waals surface area contributed by atoms with E-state index in [9.17, 15) is 4.79 Å². The lowest BCUT2D eigenvalue weighted by Gasteiger charge is -2.33. The molecule has 0 atom stereocenters. The fraction of sp³-hybridized carbons (Fsp3) is 0.688. The number of hydrogen-bond acceptors (Lipinski definition) is 3. The Morgan fingerprint density at radius 3 is 2.70 bits per heavy atom. The van der Waals surface area contributed by atoms with Gasteiger partial charge in [0.05, 0.1) is 0 Å². The molecule has 1 saturated carbocycles. The number of nitrogens with two attached hydrogens (primary N) is 1. The van der Waals surface area contributed by atoms with Crippen molar-refractivity contribution < 1.29 is 4.79 Å². The second kappa shape index (κ2) is 6.27. The fourth-order valence-electron chi connectivity index (χ4n) is 2.89. The van der Waals surface area contributed by atoms with Gasteiger partial charge in [0.2, 0.25) is 5.91 Å². The van der Waals surface area contributed by atoms with Crippen molar-refractivity contribution in [2.24, 2.45) is 5.73 Å². The van der Waals surface area contributed by atoms with Crippen LogP contribution in [0.4, 0.5) is 0 Å². The van der Waals surface area contributed by atoms with Crippen LogP contribution >= 0.6 is 11.3 Å². The van der Waals surface area contributed by atoms with Crippen molar-refractivity contribution in [3.63, 3.8) is 0 Å². The number of hydrogen-bond donors (Lipinski definition) is 2. The zero-order chi connectivity index (χ0) is 14.6. The van der Waals surface area contributed by atoms with Gasteiger partial charge in [0.15, 0.2) is 0 Å². The zero-order valence-electron chi connectivity index (χ0n) is 12.6. The van der Waals surface area contributed by atoms with Gasteiger partial charge in [-0.1, -0.05) is 39.2 Å². The molecule has 20 heavy (non-hydrogen) atoms. The van der Waals surface area contributed by atoms with Crippen LogP contribution in [0.25, 0.3) is 0 Å². The smallest absolute Gasteiger partial charge is 0.221 e. The van der Waals surface area contributed by atoms with Crippen molar-refractivity contribution in [3.05, 3.63) is 22.4 Å². The normalized spacial score (nSPS) is 18.8. The molecule has 1 amide bonds. The number of thiophene rings is 1. The van der Waals surface area contributed by atoms with E-state index in [1.165, 1.54) is 11.3 Å². The topological polar surface area (TPSA) is 55.1 Å². The van der Waals surface area contributed by atoms with Crippen LogP contribution in [0.15, 0.2) is 17.5 Å². The van der Waals surface area contributed by atoms with Crippen LogP contribution in [0.3, 0.4) is 0 Å². The summed E-state index contributed by atoms with van der Waals surface area (Å²) in [6.45, 7) is 5.00. The van der Waals surface area contributed by atoms with E-state index in [-0.39, 0.29) is 16.9 Å². The predicted molar refractivity (Wildman–Crippen MR) is 85.0 cm³/mol. The van der Waals surface area contributed by atoms with Crippen LogP contribution < -0.4 is 11.1 Å². The Morgan fingerprint density at radius 2 is 2.10 bits per heavy atom. The van der Waals surface area contributed by atoms with E-state index in [2.05, 4.69) is 36.7 Å². The Morgan fingerprint density at radius 1 is 1.40 bits per heavy atom. The molecule has 3 N–H and O–H groups in total. The third-order valence-corrected chi connectivity index (χ3v) is 5.51. The Balaban J connectivity index is 1.83. The average Bonchev–Trinajstić information content (AvgIpc) is 2.91. The molecule has 1 aliphatic carbocycles. The van der Waals surface area contributed by atoms with Crippen LogP contribution in [-0.2, 0) is 10.2 Å². The van der Waals surface area contributed by atoms with Gasteiger partial charge in [-0.15, -0.1) is 11.3 Å². The first-order valence-corrected chi connectivity index (χ1v) is 8.39. The summed E-state index contributed by atoms with van der Waals surface area (Å²) in [7, 11) is 0. The molecule has 1 heterocycles. The number of carbonyl (C=O) groups is 1. The van der Waals surface area contributed by atoms with Gasteiger partial charge in [-0.3, -0.25) is 4.79 Å². The number of nitrogens with one attached hydrogen (secondary N) is 1. The Bertz CT molecular complexity index is 433. The third kappa shape index (κ3) is 4.06. The molecular formula is C16H26N2OS. The van der Waals surface area contributed by atoms with Crippen LogP contribution in [0.1, 0.15) is 57.2 Å². The molecule has 0 aromatic carbocycles. The van der Waals surface area contributed by atoms with Crippen molar-refractivity contribution in [3.8, 4) is 0 Å². The summed E-state index contributed by atoms with van der Waals surface area (Å²) >= 11 is 1.74. The molecule has 1 aliphatic rings. The molecule has 0 spiro atoms. The molecular weight excluding hydrogens is 268 g/mol. The zero-order valence-corrected chi connectivity index (χ0v) is 13.4. The molecule has 112 valence electrons. The first-order valence-electron chi connectivity index (χ1n) is 7.51. The third-order valence-electron chi connectivity index (χ3n) is 4.28. The second-order valence-electron chi connectivity index (χ2n) is 6.74. The van der Waals surface area contributed by atoms with Gasteiger partial charge < -0.3 is 11.1 Å². The van der Waals surface area contributed by atoms with E-state index in [4.69, 9.17) is 5.73 Å². The van der Waals surface area contributed by atoms with Gasteiger partial charge in [0, 0.05) is 28.8 Å². The van der Waals surface area contributed by atoms with Crippen LogP contribution in [0.5, 0.6) is 0 Å². The van der Waals surface area contributed by atoms with Gasteiger partial charge in [0.25, 0.3) is 0 Å². The van der Waals surface area contributed by atoms with Gasteiger partial charge in [0.1, 0.15) is 0 Å². The Labute approximate surface area is 125 Å². The van der Waals surface area contributed by atoms with Gasteiger partial charge in [-0.05, 0) is 24.3 Å². The quantitative estimate of drug-likeness (QED) is 0.876. The van der Waals surface area contributed by atoms with Crippen molar-refractivity contribution in [2.75, 3.05) is 6.54 Å². The van der Waals surface area contributed by atoms with Gasteiger partial charge >= 0.3 is 0 Å². The minimum atomic E-state index is -0.268. The van der Waals surface area contributed by atoms with Crippen molar-refractivity contribution in [1.29, 1.82) is 0 Å². The summed E-state index contributed by atoms with van der Waals surface area (Å²) in [6, 6.07) is 4.18. The van der Waals surface area contributed by atoms with Crippen molar-refractivity contribution in [2.45, 2.75) is 63.3 Å². The number of carbonyl (C=O) groups excluding carboxylic acids is 1. The molecule has 2 rings (SSSR count). The average molecular weight is 294 g/mol. The van der Waals surface area contributed by atoms with E-state index in [1.54, 1.807) is 11.3 Å². The molecule has 0 radical (unpaired) electrons. The molecule has 0 saturated heterocycles. The number of amides is 1. The maximum Gasteiger partial charge on any atom is 0.221 e. The van der Waals surface area contributed by atoms with Crippen molar-refractivity contribution in [1.82, 2.24) is 5.32 Å². The largest absolute Gasteiger partial charge is 0.355 e. The molecule has 0 aliphatic heterocycles. The second-order valence-corrected chi connectivity index (χ2v) is 7.69. The highest BCUT2D eigenvalue weighted by atomic mass is 32.1. The highest BCUT2D eigenvalue weighted by molar-refractivity contribution is 7.10. The van der Waals surface area contributed by atoms with Crippen LogP contribution in [0.2, 0.25) is 0 Å². The summed E-state index contributed by atoms with van der Waals surface area (Å²) in [6.07, 6.45) is 6.00. The summed E-state index contributed by atoms with van der Waals surface area (Å²) in [4.78, 5) is 13.4. The number of rotatable bonds is 5. The molecule has 1 aromatic rings. The molecule has 4 heteroatoms. The van der Waals surface area contributed by atoms with Crippen molar-refractivity contribution >= 4 is 17.2 Å². The van der Waals surface area contributed by atoms with Crippen LogP contribution in [-0.4, -0.2) is 18.0 Å². The highest BCUT2D eigenvalue weighted by Crippen LogP contribution is 2.29. The van der Waals surface area contributed by atoms with E-state index >= 15 is 0 Å². The molecule has 0 unspecified atom stereocenters. The van der Waals surface area contributed by atoms with E-state index in [0.29, 0.717) is 13.0 Å². The molecule has 1 aromatic heterocycles. The fourth-order valence-corrected chi connectivity index (χ4v) is 3.74. The summed E-state index contributed by atoms with van der Waals surface area (Å²) in [5.41, 5.74) is 6.05. The lowest BCUT2D eigenvalue weighted by Crippen LogP contribution is -2.47. The van der Waals surface area contributed by atoms with E-state index in [1.807, 2.05) is 0 Å². The SMILES string of the molecule is CC(C)(CNC(=O)CC1(N)CCCCC1)c1cccs1. The van der Waals surface area contributed by atoms with E-state index < -0.39 is 0 Å². The first-order chi connectivity index (χ1) is 9.41. The van der Waals surface area contributed by atoms with Gasteiger partial charge in [-0.25, -0.2) is 0 Å².